The fraction of sp³-hybridized carbons (Fsp3) is 0.250. The minimum Gasteiger partial charge on any atom is -0.386 e. The lowest BCUT2D eigenvalue weighted by molar-refractivity contribution is -0.121. The summed E-state index contributed by atoms with van der Waals surface area (Å²) in [6.45, 7) is -0.321. The van der Waals surface area contributed by atoms with E-state index < -0.39 is 35.0 Å². The Morgan fingerprint density at radius 1 is 1.22 bits per heavy atom. The highest BCUT2D eigenvalue weighted by molar-refractivity contribution is 5.76. The number of nitrogens with one attached hydrogen (secondary N) is 1. The summed E-state index contributed by atoms with van der Waals surface area (Å²) in [6, 6.07) is 4.51. The molecule has 2 aromatic rings. The number of carbonyl (C=O) groups excluding carboxylic acids is 1. The highest BCUT2D eigenvalue weighted by Gasteiger charge is 2.18. The second-order valence-corrected chi connectivity index (χ2v) is 4.97. The second-order valence-electron chi connectivity index (χ2n) is 4.97. The molecule has 23 heavy (non-hydrogen) atoms. The Morgan fingerprint density at radius 3 is 2.57 bits per heavy atom. The van der Waals surface area contributed by atoms with Crippen LogP contribution in [0.1, 0.15) is 23.7 Å². The maximum atomic E-state index is 13.5. The summed E-state index contributed by atoms with van der Waals surface area (Å²) >= 11 is 0. The number of aliphatic hydroxyl groups excluding tert-OH is 1. The second kappa shape index (κ2) is 7.73. The van der Waals surface area contributed by atoms with Gasteiger partial charge in [-0.2, -0.15) is 0 Å². The minimum absolute atomic E-state index is 0.0393. The van der Waals surface area contributed by atoms with Crippen LogP contribution in [0.15, 0.2) is 36.7 Å². The van der Waals surface area contributed by atoms with Crippen LogP contribution in [0, 0.1) is 17.5 Å². The zero-order valence-electron chi connectivity index (χ0n) is 12.1. The fourth-order valence-electron chi connectivity index (χ4n) is 2.08. The Bertz CT molecular complexity index is 675. The third kappa shape index (κ3) is 4.79. The number of carbonyl (C=O) groups is 1. The first-order valence-electron chi connectivity index (χ1n) is 6.95. The van der Waals surface area contributed by atoms with Gasteiger partial charge in [-0.25, -0.2) is 13.2 Å². The largest absolute Gasteiger partial charge is 0.386 e. The van der Waals surface area contributed by atoms with E-state index in [0.717, 1.165) is 18.3 Å². The summed E-state index contributed by atoms with van der Waals surface area (Å²) in [5.74, 6) is -2.67. The van der Waals surface area contributed by atoms with Gasteiger partial charge < -0.3 is 10.4 Å². The lowest BCUT2D eigenvalue weighted by Crippen LogP contribution is -2.29. The molecular weight excluding hydrogens is 309 g/mol. The van der Waals surface area contributed by atoms with Crippen LogP contribution in [-0.2, 0) is 11.2 Å². The number of aromatic nitrogens is 1. The van der Waals surface area contributed by atoms with E-state index in [9.17, 15) is 23.1 Å². The predicted molar refractivity (Wildman–Crippen MR) is 76.8 cm³/mol. The van der Waals surface area contributed by atoms with E-state index in [4.69, 9.17) is 0 Å². The fourth-order valence-corrected chi connectivity index (χ4v) is 2.08. The number of aryl methyl sites for hydroxylation is 1. The third-order valence-corrected chi connectivity index (χ3v) is 3.23. The topological polar surface area (TPSA) is 62.2 Å². The van der Waals surface area contributed by atoms with Gasteiger partial charge in [-0.1, -0.05) is 6.07 Å². The molecule has 1 unspecified atom stereocenters. The normalized spacial score (nSPS) is 12.0. The number of nitrogens with zero attached hydrogens (tertiary/aromatic N) is 1. The SMILES string of the molecule is O=C(CCc1cncc(F)c1)NCC(O)c1c(F)cccc1F. The predicted octanol–water partition coefficient (Wildman–Crippen LogP) is 2.28. The Labute approximate surface area is 131 Å². The highest BCUT2D eigenvalue weighted by atomic mass is 19.1. The molecule has 0 aliphatic rings. The van der Waals surface area contributed by atoms with Crippen molar-refractivity contribution in [2.45, 2.75) is 18.9 Å². The van der Waals surface area contributed by atoms with E-state index in [1.165, 1.54) is 18.3 Å². The van der Waals surface area contributed by atoms with Crippen LogP contribution in [0.4, 0.5) is 13.2 Å². The molecular formula is C16H15F3N2O2. The van der Waals surface area contributed by atoms with Crippen molar-refractivity contribution in [3.63, 3.8) is 0 Å². The van der Waals surface area contributed by atoms with Crippen molar-refractivity contribution in [1.82, 2.24) is 10.3 Å². The van der Waals surface area contributed by atoms with Crippen molar-refractivity contribution >= 4 is 5.91 Å². The molecule has 0 fully saturated rings. The lowest BCUT2D eigenvalue weighted by atomic mass is 10.1. The zero-order valence-corrected chi connectivity index (χ0v) is 12.1. The van der Waals surface area contributed by atoms with Crippen molar-refractivity contribution in [2.24, 2.45) is 0 Å². The van der Waals surface area contributed by atoms with Crippen molar-refractivity contribution in [3.8, 4) is 0 Å². The van der Waals surface area contributed by atoms with Gasteiger partial charge in [-0.3, -0.25) is 9.78 Å². The molecule has 0 radical (unpaired) electrons. The Morgan fingerprint density at radius 2 is 1.91 bits per heavy atom. The van der Waals surface area contributed by atoms with E-state index in [-0.39, 0.29) is 19.4 Å². The number of rotatable bonds is 6. The number of pyridine rings is 1. The number of hydrogen-bond donors (Lipinski definition) is 2. The molecule has 0 aliphatic carbocycles. The average Bonchev–Trinajstić information content (AvgIpc) is 2.51. The molecule has 122 valence electrons. The zero-order chi connectivity index (χ0) is 16.8. The van der Waals surface area contributed by atoms with Crippen LogP contribution in [-0.4, -0.2) is 22.5 Å². The summed E-state index contributed by atoms with van der Waals surface area (Å²) in [7, 11) is 0. The van der Waals surface area contributed by atoms with Crippen LogP contribution in [0.3, 0.4) is 0 Å². The molecule has 1 atom stereocenters. The molecule has 0 spiro atoms. The summed E-state index contributed by atoms with van der Waals surface area (Å²) in [5.41, 5.74) is 0.0722. The van der Waals surface area contributed by atoms with Gasteiger partial charge in [0.25, 0.3) is 0 Å². The number of aliphatic hydroxyl groups is 1. The summed E-state index contributed by atoms with van der Waals surface area (Å²) in [5, 5.41) is 12.2. The summed E-state index contributed by atoms with van der Waals surface area (Å²) < 4.78 is 39.9. The molecule has 1 heterocycles. The van der Waals surface area contributed by atoms with Crippen LogP contribution >= 0.6 is 0 Å². The molecule has 4 nitrogen and oxygen atoms in total. The highest BCUT2D eigenvalue weighted by Crippen LogP contribution is 2.19. The number of benzene rings is 1. The maximum absolute atomic E-state index is 13.5. The van der Waals surface area contributed by atoms with Gasteiger partial charge in [0.05, 0.1) is 11.8 Å². The first-order valence-corrected chi connectivity index (χ1v) is 6.95. The number of hydrogen-bond acceptors (Lipinski definition) is 3. The quantitative estimate of drug-likeness (QED) is 0.857. The smallest absolute Gasteiger partial charge is 0.220 e. The minimum atomic E-state index is -1.49. The van der Waals surface area contributed by atoms with E-state index in [2.05, 4.69) is 10.3 Å². The molecule has 0 aliphatic heterocycles. The molecule has 7 heteroatoms. The molecule has 1 aromatic heterocycles. The summed E-state index contributed by atoms with van der Waals surface area (Å²) in [6.07, 6.45) is 1.32. The third-order valence-electron chi connectivity index (χ3n) is 3.23. The van der Waals surface area contributed by atoms with Crippen LogP contribution < -0.4 is 5.32 Å². The van der Waals surface area contributed by atoms with Crippen molar-refractivity contribution in [3.05, 3.63) is 65.2 Å². The molecule has 1 amide bonds. The van der Waals surface area contributed by atoms with Gasteiger partial charge in [-0.05, 0) is 30.2 Å². The average molecular weight is 324 g/mol. The first-order chi connectivity index (χ1) is 11.0. The van der Waals surface area contributed by atoms with E-state index in [1.54, 1.807) is 0 Å². The Hall–Kier alpha value is -2.41. The standard InChI is InChI=1S/C16H15F3N2O2/c17-11-6-10(7-20-8-11)4-5-15(23)21-9-14(22)16-12(18)2-1-3-13(16)19/h1-3,6-8,14,22H,4-5,9H2,(H,21,23). The lowest BCUT2D eigenvalue weighted by Gasteiger charge is -2.14. The van der Waals surface area contributed by atoms with Crippen LogP contribution in [0.25, 0.3) is 0 Å². The Balaban J connectivity index is 1.84. The van der Waals surface area contributed by atoms with E-state index in [1.807, 2.05) is 0 Å². The maximum Gasteiger partial charge on any atom is 0.220 e. The van der Waals surface area contributed by atoms with Crippen molar-refractivity contribution in [1.29, 1.82) is 0 Å². The van der Waals surface area contributed by atoms with Gasteiger partial charge in [0, 0.05) is 19.2 Å². The van der Waals surface area contributed by atoms with Crippen LogP contribution in [0.5, 0.6) is 0 Å². The van der Waals surface area contributed by atoms with Gasteiger partial charge in [-0.15, -0.1) is 0 Å². The molecule has 0 saturated carbocycles. The molecule has 0 saturated heterocycles. The van der Waals surface area contributed by atoms with Gasteiger partial charge in [0.2, 0.25) is 5.91 Å². The van der Waals surface area contributed by atoms with E-state index in [0.29, 0.717) is 5.56 Å². The van der Waals surface area contributed by atoms with Gasteiger partial charge in [0.15, 0.2) is 0 Å². The van der Waals surface area contributed by atoms with Crippen molar-refractivity contribution < 1.29 is 23.1 Å². The van der Waals surface area contributed by atoms with E-state index >= 15 is 0 Å². The van der Waals surface area contributed by atoms with Crippen LogP contribution in [0.2, 0.25) is 0 Å². The molecule has 2 N–H and O–H groups in total. The molecule has 2 rings (SSSR count). The number of amides is 1. The van der Waals surface area contributed by atoms with Gasteiger partial charge >= 0.3 is 0 Å². The molecule has 1 aromatic carbocycles. The van der Waals surface area contributed by atoms with Gasteiger partial charge in [0.1, 0.15) is 23.6 Å². The monoisotopic (exact) mass is 324 g/mol. The first kappa shape index (κ1) is 17.0. The number of halogens is 3. The van der Waals surface area contributed by atoms with Crippen molar-refractivity contribution in [2.75, 3.05) is 6.54 Å². The Kier molecular flexibility index (Phi) is 5.70. The summed E-state index contributed by atoms with van der Waals surface area (Å²) in [4.78, 5) is 15.3. The molecule has 0 bridgehead atoms.